The van der Waals surface area contributed by atoms with E-state index in [-0.39, 0.29) is 28.7 Å². The minimum Gasteiger partial charge on any atom is -0.477 e. The number of aliphatic carboxylic acids is 1. The Morgan fingerprint density at radius 2 is 2.26 bits per heavy atom. The molecular weight excluding hydrogens is 446 g/mol. The fraction of sp³-hybridized carbons (Fsp3) is 0.357. The molecule has 3 rings (SSSR count). The summed E-state index contributed by atoms with van der Waals surface area (Å²) >= 11 is 4.32. The third kappa shape index (κ3) is 3.40. The Hall–Kier alpha value is -2.51. The van der Waals surface area contributed by atoms with Crippen LogP contribution in [0.15, 0.2) is 20.7 Å². The van der Waals surface area contributed by atoms with Crippen molar-refractivity contribution in [1.82, 2.24) is 15.2 Å². The van der Waals surface area contributed by atoms with Crippen LogP contribution in [0, 0.1) is 0 Å². The Morgan fingerprint density at radius 1 is 1.56 bits per heavy atom. The normalized spacial score (nSPS) is 24.6. The molecule has 3 atom stereocenters. The van der Waals surface area contributed by atoms with Crippen LogP contribution in [0.2, 0.25) is 0 Å². The second kappa shape index (κ2) is 7.25. The number of oxime groups is 1. The third-order valence-electron chi connectivity index (χ3n) is 4.04. The second-order valence-electron chi connectivity index (χ2n) is 5.68. The maximum atomic E-state index is 12.6. The number of aromatic nitrogens is 1. The Balaban J connectivity index is 1.81. The number of halogens is 1. The second-order valence-corrected chi connectivity index (χ2v) is 8.03. The number of fused-ring (bicyclic) bond motifs is 1. The van der Waals surface area contributed by atoms with Crippen LogP contribution in [0.5, 0.6) is 0 Å². The number of nitrogens with one attached hydrogen (secondary N) is 1. The van der Waals surface area contributed by atoms with Gasteiger partial charge in [0.2, 0.25) is 0 Å². The number of nitrogens with zero attached hydrogens (tertiary/aromatic N) is 3. The quantitative estimate of drug-likeness (QED) is 0.253. The fourth-order valence-electron chi connectivity index (χ4n) is 2.95. The van der Waals surface area contributed by atoms with Gasteiger partial charge in [0.1, 0.15) is 28.3 Å². The van der Waals surface area contributed by atoms with E-state index in [2.05, 4.69) is 36.2 Å². The summed E-state index contributed by atoms with van der Waals surface area (Å²) in [7, 11) is 1.24. The summed E-state index contributed by atoms with van der Waals surface area (Å²) in [5.74, 6) is -2.68. The molecule has 2 aliphatic rings. The zero-order valence-electron chi connectivity index (χ0n) is 13.7. The molecule has 1 fully saturated rings. The highest BCUT2D eigenvalue weighted by atomic mass is 79.9. The summed E-state index contributed by atoms with van der Waals surface area (Å²) in [6.45, 7) is 0. The molecule has 0 unspecified atom stereocenters. The number of β-lactam (4-membered cyclic amide) rings is 1. The largest absolute Gasteiger partial charge is 0.477 e. The highest BCUT2D eigenvalue weighted by Crippen LogP contribution is 2.33. The van der Waals surface area contributed by atoms with E-state index in [1.807, 2.05) is 0 Å². The molecule has 144 valence electrons. The van der Waals surface area contributed by atoms with E-state index >= 15 is 0 Å². The first-order valence-electron chi connectivity index (χ1n) is 7.55. The number of carboxylic acids is 1. The van der Waals surface area contributed by atoms with Gasteiger partial charge in [-0.3, -0.25) is 14.5 Å². The lowest BCUT2D eigenvalue weighted by Gasteiger charge is -2.49. The zero-order chi connectivity index (χ0) is 19.9. The number of nitrogens with two attached hydrogens (primary N) is 1. The molecule has 2 aliphatic heterocycles. The number of nitrogen functional groups attached to an aromatic ring is 1. The number of aliphatic hydroxyl groups is 1. The van der Waals surface area contributed by atoms with Crippen LogP contribution in [0.25, 0.3) is 0 Å². The Kier molecular flexibility index (Phi) is 5.17. The monoisotopic (exact) mass is 459 g/mol. The minimum absolute atomic E-state index is 0.0948. The molecule has 1 aromatic heterocycles. The number of hydrogen-bond donors (Lipinski definition) is 4. The molecule has 0 radical (unpaired) electrons. The molecule has 1 saturated heterocycles. The lowest BCUT2D eigenvalue weighted by Crippen LogP contribution is -2.72. The van der Waals surface area contributed by atoms with Crippen LogP contribution in [0.3, 0.4) is 0 Å². The van der Waals surface area contributed by atoms with E-state index < -0.39 is 36.0 Å². The standard InChI is InChI=1S/C14H14BrN5O6S/c1-26-19-9(8-10(15)27-14(16)18-8)11(22)17-7-5-2-4(21)3-6(13(24)25)20(5)12(7)23/h3-5,7,21H,2H2,1H3,(H2,16,18)(H,17,22)(H,24,25)/t4-,5+,7-/m0/s1. The van der Waals surface area contributed by atoms with Crippen molar-refractivity contribution in [2.24, 2.45) is 5.16 Å². The SMILES string of the molecule is CON=C(C(=O)N[C@@H]1C(=O)N2C(C(=O)O)=C[C@@H](O)C[C@H]12)c1nc(N)sc1Br. The highest BCUT2D eigenvalue weighted by Gasteiger charge is 2.53. The Morgan fingerprint density at radius 3 is 2.81 bits per heavy atom. The Bertz CT molecular complexity index is 883. The lowest BCUT2D eigenvalue weighted by molar-refractivity contribution is -0.156. The molecule has 0 aliphatic carbocycles. The molecule has 0 aromatic carbocycles. The molecule has 0 saturated carbocycles. The van der Waals surface area contributed by atoms with Crippen molar-refractivity contribution in [1.29, 1.82) is 0 Å². The number of carbonyl (C=O) groups excluding carboxylic acids is 2. The van der Waals surface area contributed by atoms with Crippen molar-refractivity contribution in [3.63, 3.8) is 0 Å². The van der Waals surface area contributed by atoms with Gasteiger partial charge in [0.15, 0.2) is 10.8 Å². The summed E-state index contributed by atoms with van der Waals surface area (Å²) in [6, 6.07) is -1.69. The smallest absolute Gasteiger partial charge is 0.352 e. The van der Waals surface area contributed by atoms with Crippen LogP contribution in [-0.4, -0.2) is 68.9 Å². The number of anilines is 1. The Labute approximate surface area is 164 Å². The molecule has 1 aromatic rings. The van der Waals surface area contributed by atoms with Gasteiger partial charge in [-0.05, 0) is 22.0 Å². The molecule has 3 heterocycles. The first kappa shape index (κ1) is 19.3. The van der Waals surface area contributed by atoms with Gasteiger partial charge in [-0.1, -0.05) is 16.5 Å². The number of rotatable bonds is 5. The van der Waals surface area contributed by atoms with Gasteiger partial charge < -0.3 is 26.1 Å². The van der Waals surface area contributed by atoms with E-state index in [4.69, 9.17) is 5.73 Å². The third-order valence-corrected chi connectivity index (χ3v) is 5.58. The average Bonchev–Trinajstić information content (AvgIpc) is 2.94. The predicted molar refractivity (Wildman–Crippen MR) is 96.7 cm³/mol. The minimum atomic E-state index is -1.33. The number of carboxylic acid groups (broad SMARTS) is 1. The van der Waals surface area contributed by atoms with Gasteiger partial charge in [-0.25, -0.2) is 9.78 Å². The lowest BCUT2D eigenvalue weighted by atomic mass is 9.85. The molecule has 11 nitrogen and oxygen atoms in total. The zero-order valence-corrected chi connectivity index (χ0v) is 16.2. The predicted octanol–water partition coefficient (Wildman–Crippen LogP) is -0.733. The average molecular weight is 460 g/mol. The van der Waals surface area contributed by atoms with E-state index in [9.17, 15) is 24.6 Å². The van der Waals surface area contributed by atoms with Crippen molar-refractivity contribution in [2.75, 3.05) is 12.8 Å². The maximum Gasteiger partial charge on any atom is 0.352 e. The number of amides is 2. The van der Waals surface area contributed by atoms with Gasteiger partial charge in [0, 0.05) is 6.42 Å². The van der Waals surface area contributed by atoms with Crippen molar-refractivity contribution < 1.29 is 29.4 Å². The van der Waals surface area contributed by atoms with Gasteiger partial charge in [0.25, 0.3) is 11.8 Å². The van der Waals surface area contributed by atoms with Gasteiger partial charge in [-0.15, -0.1) is 0 Å². The van der Waals surface area contributed by atoms with Gasteiger partial charge in [-0.2, -0.15) is 0 Å². The maximum absolute atomic E-state index is 12.6. The van der Waals surface area contributed by atoms with E-state index in [0.717, 1.165) is 22.3 Å². The summed E-state index contributed by atoms with van der Waals surface area (Å²) < 4.78 is 0.455. The topological polar surface area (TPSA) is 167 Å². The van der Waals surface area contributed by atoms with Gasteiger partial charge in [0.05, 0.1) is 12.1 Å². The number of aliphatic hydroxyl groups excluding tert-OH is 1. The van der Waals surface area contributed by atoms with E-state index in [1.165, 1.54) is 7.11 Å². The van der Waals surface area contributed by atoms with Crippen LogP contribution in [-0.2, 0) is 19.2 Å². The van der Waals surface area contributed by atoms with Crippen LogP contribution < -0.4 is 11.1 Å². The summed E-state index contributed by atoms with van der Waals surface area (Å²) in [5.41, 5.74) is 5.26. The number of hydrogen-bond acceptors (Lipinski definition) is 9. The van der Waals surface area contributed by atoms with Crippen molar-refractivity contribution in [3.8, 4) is 0 Å². The van der Waals surface area contributed by atoms with Crippen LogP contribution >= 0.6 is 27.3 Å². The fourth-order valence-corrected chi connectivity index (χ4v) is 4.28. The molecule has 13 heteroatoms. The van der Waals surface area contributed by atoms with E-state index in [1.54, 1.807) is 0 Å². The molecule has 0 bridgehead atoms. The van der Waals surface area contributed by atoms with Crippen LogP contribution in [0.1, 0.15) is 12.1 Å². The summed E-state index contributed by atoms with van der Waals surface area (Å²) in [6.07, 6.45) is 0.156. The molecule has 5 N–H and O–H groups in total. The number of carbonyl (C=O) groups is 3. The molecular formula is C14H14BrN5O6S. The molecule has 2 amide bonds. The first-order valence-corrected chi connectivity index (χ1v) is 9.16. The van der Waals surface area contributed by atoms with Crippen molar-refractivity contribution in [2.45, 2.75) is 24.6 Å². The first-order chi connectivity index (χ1) is 12.7. The van der Waals surface area contributed by atoms with Gasteiger partial charge >= 0.3 is 5.97 Å². The molecule has 27 heavy (non-hydrogen) atoms. The van der Waals surface area contributed by atoms with E-state index in [0.29, 0.717) is 3.79 Å². The highest BCUT2D eigenvalue weighted by molar-refractivity contribution is 9.11. The number of thiazole rings is 1. The summed E-state index contributed by atoms with van der Waals surface area (Å²) in [5, 5.41) is 25.4. The van der Waals surface area contributed by atoms with Crippen molar-refractivity contribution in [3.05, 3.63) is 21.3 Å². The van der Waals surface area contributed by atoms with Crippen molar-refractivity contribution >= 4 is 55.9 Å². The summed E-state index contributed by atoms with van der Waals surface area (Å²) in [4.78, 5) is 46.0. The van der Waals surface area contributed by atoms with Crippen LogP contribution in [0.4, 0.5) is 5.13 Å². The molecule has 0 spiro atoms.